The van der Waals surface area contributed by atoms with Gasteiger partial charge in [-0.2, -0.15) is 0 Å². The number of anilines is 1. The van der Waals surface area contributed by atoms with Gasteiger partial charge in [-0.15, -0.1) is 11.8 Å². The Balaban J connectivity index is 1.43. The summed E-state index contributed by atoms with van der Waals surface area (Å²) in [6.45, 7) is 0. The molecule has 4 aromatic rings. The first kappa shape index (κ1) is 28.1. The molecule has 2 N–H and O–H groups in total. The van der Waals surface area contributed by atoms with Gasteiger partial charge in [0.05, 0.1) is 15.8 Å². The molecule has 39 heavy (non-hydrogen) atoms. The molecule has 0 fully saturated rings. The zero-order valence-corrected chi connectivity index (χ0v) is 22.6. The van der Waals surface area contributed by atoms with E-state index in [2.05, 4.69) is 10.6 Å². The van der Waals surface area contributed by atoms with Gasteiger partial charge in [0.25, 0.3) is 11.8 Å². The summed E-state index contributed by atoms with van der Waals surface area (Å²) in [6.07, 6.45) is 1.47. The first-order valence-corrected chi connectivity index (χ1v) is 13.4. The van der Waals surface area contributed by atoms with Crippen LogP contribution in [0.5, 0.6) is 0 Å². The number of rotatable bonds is 9. The van der Waals surface area contributed by atoms with Crippen molar-refractivity contribution < 1.29 is 18.8 Å². The summed E-state index contributed by atoms with van der Waals surface area (Å²) in [5.41, 5.74) is 1.86. The van der Waals surface area contributed by atoms with E-state index in [1.165, 1.54) is 42.1 Å². The van der Waals surface area contributed by atoms with Crippen LogP contribution in [-0.2, 0) is 4.79 Å². The van der Waals surface area contributed by atoms with Gasteiger partial charge in [-0.05, 0) is 78.4 Å². The van der Waals surface area contributed by atoms with Crippen molar-refractivity contribution in [1.29, 1.82) is 0 Å². The summed E-state index contributed by atoms with van der Waals surface area (Å²) in [4.78, 5) is 39.2. The molecule has 0 radical (unpaired) electrons. The van der Waals surface area contributed by atoms with Gasteiger partial charge in [-0.25, -0.2) is 4.39 Å². The smallest absolute Gasteiger partial charge is 0.272 e. The number of benzene rings is 4. The zero-order chi connectivity index (χ0) is 27.8. The SMILES string of the molecule is O=C(Nc1ccc(SCC(=O)c2ccc(Cl)c(Cl)c2)cc1)/C(=C/c1ccc(F)cc1)NC(=O)c1ccccc1. The molecule has 0 aliphatic heterocycles. The van der Waals surface area contributed by atoms with Crippen molar-refractivity contribution in [1.82, 2.24) is 5.32 Å². The second-order valence-electron chi connectivity index (χ2n) is 8.25. The summed E-state index contributed by atoms with van der Waals surface area (Å²) in [5.74, 6) is -1.33. The molecule has 0 aliphatic rings. The Morgan fingerprint density at radius 2 is 1.49 bits per heavy atom. The first-order valence-electron chi connectivity index (χ1n) is 11.6. The summed E-state index contributed by atoms with van der Waals surface area (Å²) < 4.78 is 13.3. The minimum Gasteiger partial charge on any atom is -0.321 e. The predicted molar refractivity (Wildman–Crippen MR) is 155 cm³/mol. The summed E-state index contributed by atoms with van der Waals surface area (Å²) >= 11 is 13.2. The molecule has 5 nitrogen and oxygen atoms in total. The third-order valence-electron chi connectivity index (χ3n) is 5.43. The largest absolute Gasteiger partial charge is 0.321 e. The maximum absolute atomic E-state index is 13.3. The van der Waals surface area contributed by atoms with Crippen molar-refractivity contribution in [2.45, 2.75) is 4.90 Å². The minimum atomic E-state index is -0.557. The molecule has 2 amide bonds. The van der Waals surface area contributed by atoms with E-state index in [4.69, 9.17) is 23.2 Å². The number of carbonyl (C=O) groups is 3. The Morgan fingerprint density at radius 1 is 0.795 bits per heavy atom. The number of thioether (sulfide) groups is 1. The Bertz CT molecular complexity index is 1530. The molecule has 0 heterocycles. The monoisotopic (exact) mass is 578 g/mol. The molecule has 0 saturated heterocycles. The molecule has 0 saturated carbocycles. The second-order valence-corrected chi connectivity index (χ2v) is 10.1. The maximum Gasteiger partial charge on any atom is 0.272 e. The molecular weight excluding hydrogens is 558 g/mol. The van der Waals surface area contributed by atoms with E-state index >= 15 is 0 Å². The number of Topliss-reactive ketones (excluding diaryl/α,β-unsaturated/α-hetero) is 1. The van der Waals surface area contributed by atoms with Crippen molar-refractivity contribution in [2.24, 2.45) is 0 Å². The highest BCUT2D eigenvalue weighted by Crippen LogP contribution is 2.25. The zero-order valence-electron chi connectivity index (χ0n) is 20.3. The predicted octanol–water partition coefficient (Wildman–Crippen LogP) is 7.52. The van der Waals surface area contributed by atoms with Crippen LogP contribution in [0, 0.1) is 5.82 Å². The van der Waals surface area contributed by atoms with E-state index in [1.54, 1.807) is 72.8 Å². The van der Waals surface area contributed by atoms with Gasteiger partial charge in [-0.1, -0.05) is 53.5 Å². The van der Waals surface area contributed by atoms with Crippen LogP contribution >= 0.6 is 35.0 Å². The molecule has 0 aromatic heterocycles. The van der Waals surface area contributed by atoms with Crippen LogP contribution < -0.4 is 10.6 Å². The van der Waals surface area contributed by atoms with E-state index in [1.807, 2.05) is 0 Å². The fraction of sp³-hybridized carbons (Fsp3) is 0.0333. The summed E-state index contributed by atoms with van der Waals surface area (Å²) in [6, 6.07) is 25.7. The number of carbonyl (C=O) groups excluding carboxylic acids is 3. The highest BCUT2D eigenvalue weighted by atomic mass is 35.5. The topological polar surface area (TPSA) is 75.3 Å². The third kappa shape index (κ3) is 8.04. The Hall–Kier alpha value is -3.91. The third-order valence-corrected chi connectivity index (χ3v) is 7.18. The van der Waals surface area contributed by atoms with Crippen molar-refractivity contribution in [3.05, 3.63) is 135 Å². The molecule has 4 rings (SSSR count). The molecule has 0 unspecified atom stereocenters. The molecule has 0 spiro atoms. The molecule has 4 aromatic carbocycles. The number of amides is 2. The van der Waals surface area contributed by atoms with Crippen LogP contribution in [0.3, 0.4) is 0 Å². The van der Waals surface area contributed by atoms with Crippen LogP contribution in [0.4, 0.5) is 10.1 Å². The molecule has 9 heteroatoms. The standard InChI is InChI=1S/C30H21Cl2FN2O3S/c31-25-15-8-21(17-26(25)32)28(36)18-39-24-13-11-23(12-14-24)34-30(38)27(16-19-6-9-22(33)10-7-19)35-29(37)20-4-2-1-3-5-20/h1-17H,18H2,(H,34,38)(H,35,37)/b27-16-. The Morgan fingerprint density at radius 3 is 2.15 bits per heavy atom. The van der Waals surface area contributed by atoms with Gasteiger partial charge < -0.3 is 10.6 Å². The highest BCUT2D eigenvalue weighted by Gasteiger charge is 2.15. The summed E-state index contributed by atoms with van der Waals surface area (Å²) in [5, 5.41) is 6.10. The van der Waals surface area contributed by atoms with E-state index < -0.39 is 17.6 Å². The lowest BCUT2D eigenvalue weighted by Gasteiger charge is -2.12. The first-order chi connectivity index (χ1) is 18.8. The van der Waals surface area contributed by atoms with Gasteiger partial charge in [0, 0.05) is 21.7 Å². The van der Waals surface area contributed by atoms with E-state index in [0.717, 1.165) is 4.90 Å². The number of hydrogen-bond donors (Lipinski definition) is 2. The molecule has 0 atom stereocenters. The number of hydrogen-bond acceptors (Lipinski definition) is 4. The lowest BCUT2D eigenvalue weighted by atomic mass is 10.1. The van der Waals surface area contributed by atoms with Crippen molar-refractivity contribution in [2.75, 3.05) is 11.1 Å². The van der Waals surface area contributed by atoms with Crippen LogP contribution in [0.1, 0.15) is 26.3 Å². The molecule has 0 aliphatic carbocycles. The minimum absolute atomic E-state index is 0.0128. The van der Waals surface area contributed by atoms with Gasteiger partial charge in [-0.3, -0.25) is 14.4 Å². The van der Waals surface area contributed by atoms with Crippen LogP contribution in [0.15, 0.2) is 108 Å². The molecule has 196 valence electrons. The van der Waals surface area contributed by atoms with Crippen molar-refractivity contribution in [3.8, 4) is 0 Å². The van der Waals surface area contributed by atoms with Crippen molar-refractivity contribution in [3.63, 3.8) is 0 Å². The average Bonchev–Trinajstić information content (AvgIpc) is 2.95. The molecule has 0 bridgehead atoms. The fourth-order valence-corrected chi connectivity index (χ4v) is 4.49. The van der Waals surface area contributed by atoms with Crippen molar-refractivity contribution >= 4 is 64.3 Å². The van der Waals surface area contributed by atoms with Gasteiger partial charge in [0.15, 0.2) is 5.78 Å². The van der Waals surface area contributed by atoms with Gasteiger partial charge in [0.2, 0.25) is 0 Å². The average molecular weight is 579 g/mol. The lowest BCUT2D eigenvalue weighted by Crippen LogP contribution is -2.30. The lowest BCUT2D eigenvalue weighted by molar-refractivity contribution is -0.113. The van der Waals surface area contributed by atoms with E-state index in [0.29, 0.717) is 32.4 Å². The van der Waals surface area contributed by atoms with E-state index in [-0.39, 0.29) is 17.2 Å². The van der Waals surface area contributed by atoms with E-state index in [9.17, 15) is 18.8 Å². The number of nitrogens with one attached hydrogen (secondary N) is 2. The number of halogens is 3. The Kier molecular flexibility index (Phi) is 9.54. The normalized spacial score (nSPS) is 11.1. The highest BCUT2D eigenvalue weighted by molar-refractivity contribution is 8.00. The quantitative estimate of drug-likeness (QED) is 0.122. The second kappa shape index (κ2) is 13.2. The van der Waals surface area contributed by atoms with Crippen LogP contribution in [0.2, 0.25) is 10.0 Å². The molecular formula is C30H21Cl2FN2O3S. The van der Waals surface area contributed by atoms with Crippen LogP contribution in [-0.4, -0.2) is 23.4 Å². The van der Waals surface area contributed by atoms with Crippen LogP contribution in [0.25, 0.3) is 6.08 Å². The fourth-order valence-electron chi connectivity index (χ4n) is 3.40. The van der Waals surface area contributed by atoms with Gasteiger partial charge >= 0.3 is 0 Å². The summed E-state index contributed by atoms with van der Waals surface area (Å²) in [7, 11) is 0. The number of ketones is 1. The maximum atomic E-state index is 13.3. The van der Waals surface area contributed by atoms with Gasteiger partial charge in [0.1, 0.15) is 11.5 Å². The Labute approximate surface area is 239 Å².